The summed E-state index contributed by atoms with van der Waals surface area (Å²) in [5.41, 5.74) is 2.06. The Kier molecular flexibility index (Phi) is 6.34. The Morgan fingerprint density at radius 3 is 2.28 bits per heavy atom. The molecular weight excluding hydrogens is 450 g/mol. The summed E-state index contributed by atoms with van der Waals surface area (Å²) in [7, 11) is 0. The van der Waals surface area contributed by atoms with Crippen molar-refractivity contribution in [3.63, 3.8) is 0 Å². The van der Waals surface area contributed by atoms with Crippen molar-refractivity contribution in [3.05, 3.63) is 93.7 Å². The number of fused-ring (bicyclic) bond motifs is 1. The lowest BCUT2D eigenvalue weighted by Gasteiger charge is -2.34. The minimum absolute atomic E-state index is 0.00824. The summed E-state index contributed by atoms with van der Waals surface area (Å²) in [6.45, 7) is 2.26. The van der Waals surface area contributed by atoms with Crippen LogP contribution in [0.2, 0.25) is 0 Å². The van der Waals surface area contributed by atoms with Gasteiger partial charge in [-0.25, -0.2) is 0 Å². The van der Waals surface area contributed by atoms with Gasteiger partial charge in [0.25, 0.3) is 5.91 Å². The van der Waals surface area contributed by atoms with Crippen LogP contribution in [0, 0.1) is 11.8 Å². The minimum Gasteiger partial charge on any atom is -0.481 e. The van der Waals surface area contributed by atoms with Crippen LogP contribution in [0.3, 0.4) is 0 Å². The van der Waals surface area contributed by atoms with Crippen molar-refractivity contribution >= 4 is 5.91 Å². The first-order valence-corrected chi connectivity index (χ1v) is 13.3. The zero-order valence-electron chi connectivity index (χ0n) is 20.6. The summed E-state index contributed by atoms with van der Waals surface area (Å²) < 4.78 is 8.10. The molecular formula is C30H33N3O3. The van der Waals surface area contributed by atoms with Gasteiger partial charge in [0.1, 0.15) is 12.4 Å². The summed E-state index contributed by atoms with van der Waals surface area (Å²) >= 11 is 0. The van der Waals surface area contributed by atoms with Gasteiger partial charge >= 0.3 is 5.56 Å². The van der Waals surface area contributed by atoms with E-state index in [1.165, 1.54) is 25.7 Å². The Hall–Kier alpha value is -3.41. The van der Waals surface area contributed by atoms with Crippen molar-refractivity contribution in [2.24, 2.45) is 11.8 Å². The van der Waals surface area contributed by atoms with Gasteiger partial charge in [-0.15, -0.1) is 0 Å². The summed E-state index contributed by atoms with van der Waals surface area (Å²) in [5.74, 6) is 1.69. The minimum atomic E-state index is -0.437. The van der Waals surface area contributed by atoms with Crippen molar-refractivity contribution in [2.75, 3.05) is 13.1 Å². The highest BCUT2D eigenvalue weighted by atomic mass is 16.5. The maximum Gasteiger partial charge on any atom is 0.316 e. The van der Waals surface area contributed by atoms with Crippen molar-refractivity contribution in [1.82, 2.24) is 14.5 Å². The number of ether oxygens (including phenoxy) is 1. The number of rotatable bonds is 8. The Bertz CT molecular complexity index is 1280. The molecule has 2 aromatic carbocycles. The number of hydrogen-bond donors (Lipinski definition) is 0. The average Bonchev–Trinajstić information content (AvgIpc) is 3.57. The lowest BCUT2D eigenvalue weighted by Crippen LogP contribution is -2.45. The van der Waals surface area contributed by atoms with Gasteiger partial charge in [0, 0.05) is 25.6 Å². The van der Waals surface area contributed by atoms with Crippen LogP contribution in [0.15, 0.2) is 65.5 Å². The quantitative estimate of drug-likeness (QED) is 0.452. The lowest BCUT2D eigenvalue weighted by atomic mass is 9.83. The predicted molar refractivity (Wildman–Crippen MR) is 138 cm³/mol. The zero-order chi connectivity index (χ0) is 24.5. The summed E-state index contributed by atoms with van der Waals surface area (Å²) in [4.78, 5) is 34.0. The highest BCUT2D eigenvalue weighted by Gasteiger charge is 2.38. The molecule has 1 unspecified atom stereocenters. The van der Waals surface area contributed by atoms with Gasteiger partial charge in [0.05, 0.1) is 0 Å². The van der Waals surface area contributed by atoms with Gasteiger partial charge in [-0.2, -0.15) is 4.98 Å². The Morgan fingerprint density at radius 2 is 1.58 bits per heavy atom. The fraction of sp³-hybridized carbons (Fsp3) is 0.433. The van der Waals surface area contributed by atoms with Gasteiger partial charge in [-0.05, 0) is 48.6 Å². The monoisotopic (exact) mass is 483 g/mol. The molecule has 0 bridgehead atoms. The van der Waals surface area contributed by atoms with Gasteiger partial charge in [-0.3, -0.25) is 9.59 Å². The molecule has 1 aromatic heterocycles. The maximum absolute atomic E-state index is 13.9. The number of aromatic nitrogens is 2. The fourth-order valence-corrected chi connectivity index (χ4v) is 5.93. The molecule has 3 aliphatic rings. The van der Waals surface area contributed by atoms with E-state index in [0.717, 1.165) is 36.3 Å². The Balaban J connectivity index is 1.45. The SMILES string of the molecule is O=C1c2c(OCc3ccccc3)c(=O)nc(C(c3ccccc3)C3CCCC3)n2CCN1CC1CC1. The zero-order valence-corrected chi connectivity index (χ0v) is 20.6. The van der Waals surface area contributed by atoms with Crippen molar-refractivity contribution in [3.8, 4) is 5.75 Å². The second-order valence-corrected chi connectivity index (χ2v) is 10.5. The second kappa shape index (κ2) is 9.92. The van der Waals surface area contributed by atoms with Gasteiger partial charge in [-0.1, -0.05) is 73.5 Å². The highest BCUT2D eigenvalue weighted by Crippen LogP contribution is 2.42. The molecule has 3 aromatic rings. The number of benzene rings is 2. The van der Waals surface area contributed by atoms with Crippen LogP contribution in [0.25, 0.3) is 0 Å². The molecule has 0 N–H and O–H groups in total. The van der Waals surface area contributed by atoms with Crippen molar-refractivity contribution in [1.29, 1.82) is 0 Å². The molecule has 6 rings (SSSR count). The van der Waals surface area contributed by atoms with Crippen LogP contribution in [-0.2, 0) is 13.2 Å². The molecule has 6 heteroatoms. The van der Waals surface area contributed by atoms with Gasteiger partial charge < -0.3 is 14.2 Å². The third-order valence-corrected chi connectivity index (χ3v) is 7.96. The molecule has 2 heterocycles. The molecule has 0 saturated heterocycles. The van der Waals surface area contributed by atoms with E-state index in [0.29, 0.717) is 30.6 Å². The molecule has 1 amide bonds. The van der Waals surface area contributed by atoms with Crippen LogP contribution < -0.4 is 10.3 Å². The number of amides is 1. The van der Waals surface area contributed by atoms with E-state index in [2.05, 4.69) is 17.1 Å². The molecule has 2 saturated carbocycles. The summed E-state index contributed by atoms with van der Waals surface area (Å²) in [6.07, 6.45) is 6.95. The second-order valence-electron chi connectivity index (χ2n) is 10.5. The number of carbonyl (C=O) groups excluding carboxylic acids is 1. The highest BCUT2D eigenvalue weighted by molar-refractivity contribution is 5.96. The van der Waals surface area contributed by atoms with Crippen molar-refractivity contribution in [2.45, 2.75) is 57.6 Å². The third-order valence-electron chi connectivity index (χ3n) is 7.96. The average molecular weight is 484 g/mol. The van der Waals surface area contributed by atoms with Gasteiger partial charge in [0.15, 0.2) is 5.69 Å². The van der Waals surface area contributed by atoms with Crippen LogP contribution >= 0.6 is 0 Å². The number of nitrogens with zero attached hydrogens (tertiary/aromatic N) is 3. The topological polar surface area (TPSA) is 64.4 Å². The lowest BCUT2D eigenvalue weighted by molar-refractivity contribution is 0.0680. The molecule has 1 atom stereocenters. The maximum atomic E-state index is 13.9. The van der Waals surface area contributed by atoms with Crippen LogP contribution in [0.4, 0.5) is 0 Å². The standard InChI is InChI=1S/C30H33N3O3/c34-29-27(36-20-22-9-3-1-4-10-22)26-30(35)32(19-21-15-16-21)17-18-33(26)28(31-29)25(24-13-7-8-14-24)23-11-5-2-6-12-23/h1-6,9-12,21,24-25H,7-8,13-20H2. The normalized spacial score (nSPS) is 18.8. The Labute approximate surface area is 211 Å². The van der Waals surface area contributed by atoms with E-state index < -0.39 is 5.56 Å². The van der Waals surface area contributed by atoms with Crippen LogP contribution in [0.5, 0.6) is 5.75 Å². The molecule has 2 aliphatic carbocycles. The number of hydrogen-bond acceptors (Lipinski definition) is 4. The first-order valence-electron chi connectivity index (χ1n) is 13.3. The molecule has 186 valence electrons. The van der Waals surface area contributed by atoms with Crippen molar-refractivity contribution < 1.29 is 9.53 Å². The summed E-state index contributed by atoms with van der Waals surface area (Å²) in [6, 6.07) is 20.1. The van der Waals surface area contributed by atoms with E-state index in [1.54, 1.807) is 0 Å². The van der Waals surface area contributed by atoms with E-state index in [-0.39, 0.29) is 24.2 Å². The van der Waals surface area contributed by atoms with Crippen LogP contribution in [-0.4, -0.2) is 33.4 Å². The van der Waals surface area contributed by atoms with Gasteiger partial charge in [0.2, 0.25) is 5.75 Å². The molecule has 1 aliphatic heterocycles. The largest absolute Gasteiger partial charge is 0.481 e. The smallest absolute Gasteiger partial charge is 0.316 e. The van der Waals surface area contributed by atoms with E-state index in [4.69, 9.17) is 4.74 Å². The molecule has 36 heavy (non-hydrogen) atoms. The molecule has 0 spiro atoms. The number of carbonyl (C=O) groups is 1. The fourth-order valence-electron chi connectivity index (χ4n) is 5.93. The molecule has 6 nitrogen and oxygen atoms in total. The van der Waals surface area contributed by atoms with E-state index in [9.17, 15) is 9.59 Å². The van der Waals surface area contributed by atoms with Crippen LogP contribution in [0.1, 0.15) is 71.9 Å². The van der Waals surface area contributed by atoms with E-state index in [1.807, 2.05) is 58.0 Å². The van der Waals surface area contributed by atoms with E-state index >= 15 is 0 Å². The first kappa shape index (κ1) is 23.0. The Morgan fingerprint density at radius 1 is 0.889 bits per heavy atom. The first-order chi connectivity index (χ1) is 17.7. The predicted octanol–water partition coefficient (Wildman–Crippen LogP) is 5.01. The molecule has 0 radical (unpaired) electrons. The molecule has 2 fully saturated rings. The third kappa shape index (κ3) is 4.57. The summed E-state index contributed by atoms with van der Waals surface area (Å²) in [5, 5.41) is 0.